The van der Waals surface area contributed by atoms with Gasteiger partial charge in [0.05, 0.1) is 18.6 Å². The highest BCUT2D eigenvalue weighted by atomic mass is 32.2. The second kappa shape index (κ2) is 9.69. The number of tetrazole rings is 1. The molecule has 0 unspecified atom stereocenters. The SMILES string of the molecule is CCC(=O)Nc1cccc(NC(=O)CSc2nnnn2-c2ccc(OC)cc2)c1. The minimum Gasteiger partial charge on any atom is -0.497 e. The van der Waals surface area contributed by atoms with Crippen molar-refractivity contribution in [3.05, 3.63) is 48.5 Å². The Balaban J connectivity index is 1.60. The highest BCUT2D eigenvalue weighted by Gasteiger charge is 2.12. The predicted molar refractivity (Wildman–Crippen MR) is 110 cm³/mol. The van der Waals surface area contributed by atoms with Crippen LogP contribution in [0.15, 0.2) is 53.7 Å². The van der Waals surface area contributed by atoms with Gasteiger partial charge in [0.15, 0.2) is 0 Å². The second-order valence-electron chi connectivity index (χ2n) is 5.89. The molecule has 0 spiro atoms. The summed E-state index contributed by atoms with van der Waals surface area (Å²) in [6.45, 7) is 1.78. The number of aromatic nitrogens is 4. The van der Waals surface area contributed by atoms with E-state index in [-0.39, 0.29) is 17.6 Å². The number of carbonyl (C=O) groups is 2. The zero-order valence-corrected chi connectivity index (χ0v) is 16.8. The maximum Gasteiger partial charge on any atom is 0.234 e. The van der Waals surface area contributed by atoms with Crippen molar-refractivity contribution in [3.63, 3.8) is 0 Å². The molecule has 0 atom stereocenters. The first-order valence-corrected chi connectivity index (χ1v) is 9.83. The van der Waals surface area contributed by atoms with E-state index in [1.807, 2.05) is 24.3 Å². The fourth-order valence-electron chi connectivity index (χ4n) is 2.41. The van der Waals surface area contributed by atoms with Crippen molar-refractivity contribution in [2.24, 2.45) is 0 Å². The van der Waals surface area contributed by atoms with Gasteiger partial charge < -0.3 is 15.4 Å². The van der Waals surface area contributed by atoms with Gasteiger partial charge in [-0.05, 0) is 52.9 Å². The highest BCUT2D eigenvalue weighted by Crippen LogP contribution is 2.21. The molecular formula is C19H20N6O3S. The van der Waals surface area contributed by atoms with Gasteiger partial charge in [-0.1, -0.05) is 24.8 Å². The number of nitrogens with zero attached hydrogens (tertiary/aromatic N) is 4. The fourth-order valence-corrected chi connectivity index (χ4v) is 3.10. The molecule has 9 nitrogen and oxygen atoms in total. The Bertz CT molecular complexity index is 990. The monoisotopic (exact) mass is 412 g/mol. The maximum absolute atomic E-state index is 12.3. The van der Waals surface area contributed by atoms with Gasteiger partial charge in [0.2, 0.25) is 17.0 Å². The van der Waals surface area contributed by atoms with Gasteiger partial charge in [-0.2, -0.15) is 4.68 Å². The summed E-state index contributed by atoms with van der Waals surface area (Å²) in [6.07, 6.45) is 0.385. The fraction of sp³-hybridized carbons (Fsp3) is 0.211. The number of hydrogen-bond donors (Lipinski definition) is 2. The largest absolute Gasteiger partial charge is 0.497 e. The van der Waals surface area contributed by atoms with E-state index >= 15 is 0 Å². The molecule has 2 aromatic carbocycles. The number of ether oxygens (including phenoxy) is 1. The average Bonchev–Trinajstić information content (AvgIpc) is 3.21. The zero-order chi connectivity index (χ0) is 20.6. The van der Waals surface area contributed by atoms with E-state index in [1.54, 1.807) is 43.0 Å². The molecule has 1 aromatic heterocycles. The summed E-state index contributed by atoms with van der Waals surface area (Å²) in [6, 6.07) is 14.3. The molecule has 0 aliphatic rings. The number of rotatable bonds is 8. The number of thioether (sulfide) groups is 1. The number of methoxy groups -OCH3 is 1. The molecule has 1 heterocycles. The molecule has 150 valence electrons. The number of nitrogens with one attached hydrogen (secondary N) is 2. The van der Waals surface area contributed by atoms with Crippen LogP contribution < -0.4 is 15.4 Å². The minimum absolute atomic E-state index is 0.0885. The Labute approximate surface area is 171 Å². The predicted octanol–water partition coefficient (Wildman–Crippen LogP) is 2.75. The third-order valence-electron chi connectivity index (χ3n) is 3.84. The van der Waals surface area contributed by atoms with Crippen molar-refractivity contribution in [2.75, 3.05) is 23.5 Å². The number of anilines is 2. The summed E-state index contributed by atoms with van der Waals surface area (Å²) in [4.78, 5) is 23.8. The van der Waals surface area contributed by atoms with Crippen molar-refractivity contribution in [1.82, 2.24) is 20.2 Å². The lowest BCUT2D eigenvalue weighted by molar-refractivity contribution is -0.116. The van der Waals surface area contributed by atoms with Crippen molar-refractivity contribution in [2.45, 2.75) is 18.5 Å². The van der Waals surface area contributed by atoms with Crippen LogP contribution in [0.4, 0.5) is 11.4 Å². The van der Waals surface area contributed by atoms with E-state index in [1.165, 1.54) is 11.8 Å². The summed E-state index contributed by atoms with van der Waals surface area (Å²) >= 11 is 1.22. The summed E-state index contributed by atoms with van der Waals surface area (Å²) < 4.78 is 6.70. The second-order valence-corrected chi connectivity index (χ2v) is 6.83. The van der Waals surface area contributed by atoms with Gasteiger partial charge in [0.1, 0.15) is 5.75 Å². The van der Waals surface area contributed by atoms with Gasteiger partial charge in [-0.15, -0.1) is 5.10 Å². The first kappa shape index (κ1) is 20.3. The van der Waals surface area contributed by atoms with E-state index in [0.717, 1.165) is 11.4 Å². The van der Waals surface area contributed by atoms with Crippen LogP contribution in [-0.2, 0) is 9.59 Å². The standard InChI is InChI=1S/C19H20N6O3S/c1-3-17(26)20-13-5-4-6-14(11-13)21-18(27)12-29-19-22-23-24-25(19)15-7-9-16(28-2)10-8-15/h4-11H,3,12H2,1-2H3,(H,20,26)(H,21,27). The summed E-state index contributed by atoms with van der Waals surface area (Å²) in [5, 5.41) is 17.7. The molecule has 3 rings (SSSR count). The van der Waals surface area contributed by atoms with Crippen LogP contribution in [0.2, 0.25) is 0 Å². The van der Waals surface area contributed by atoms with Crippen molar-refractivity contribution in [1.29, 1.82) is 0 Å². The Morgan fingerprint density at radius 1 is 1.07 bits per heavy atom. The third-order valence-corrected chi connectivity index (χ3v) is 4.76. The quantitative estimate of drug-likeness (QED) is 0.547. The lowest BCUT2D eigenvalue weighted by Crippen LogP contribution is -2.15. The van der Waals surface area contributed by atoms with Crippen molar-refractivity contribution >= 4 is 35.0 Å². The number of hydrogen-bond acceptors (Lipinski definition) is 7. The average molecular weight is 412 g/mol. The minimum atomic E-state index is -0.210. The van der Waals surface area contributed by atoms with Crippen molar-refractivity contribution < 1.29 is 14.3 Å². The van der Waals surface area contributed by atoms with E-state index < -0.39 is 0 Å². The Morgan fingerprint density at radius 2 is 1.76 bits per heavy atom. The van der Waals surface area contributed by atoms with Crippen LogP contribution in [0.5, 0.6) is 5.75 Å². The molecule has 0 saturated carbocycles. The molecule has 2 amide bonds. The molecule has 0 aliphatic carbocycles. The smallest absolute Gasteiger partial charge is 0.234 e. The lowest BCUT2D eigenvalue weighted by atomic mass is 10.2. The van der Waals surface area contributed by atoms with Crippen molar-refractivity contribution in [3.8, 4) is 11.4 Å². The zero-order valence-electron chi connectivity index (χ0n) is 16.0. The summed E-state index contributed by atoms with van der Waals surface area (Å²) in [7, 11) is 1.60. The van der Waals surface area contributed by atoms with Gasteiger partial charge in [0, 0.05) is 17.8 Å². The molecule has 3 aromatic rings. The lowest BCUT2D eigenvalue weighted by Gasteiger charge is -2.08. The molecule has 0 saturated heterocycles. The van der Waals surface area contributed by atoms with E-state index in [2.05, 4.69) is 26.2 Å². The van der Waals surface area contributed by atoms with Gasteiger partial charge in [-0.25, -0.2) is 0 Å². The molecule has 10 heteroatoms. The van der Waals surface area contributed by atoms with Crippen LogP contribution in [0.3, 0.4) is 0 Å². The highest BCUT2D eigenvalue weighted by molar-refractivity contribution is 7.99. The van der Waals surface area contributed by atoms with Gasteiger partial charge in [0.25, 0.3) is 0 Å². The van der Waals surface area contributed by atoms with Gasteiger partial charge >= 0.3 is 0 Å². The van der Waals surface area contributed by atoms with Crippen LogP contribution in [-0.4, -0.2) is 44.9 Å². The maximum atomic E-state index is 12.3. The molecule has 2 N–H and O–H groups in total. The van der Waals surface area contributed by atoms with Crippen LogP contribution in [0.1, 0.15) is 13.3 Å². The third kappa shape index (κ3) is 5.55. The molecule has 0 fully saturated rings. The van der Waals surface area contributed by atoms with E-state index in [0.29, 0.717) is 23.0 Å². The summed E-state index contributed by atoms with van der Waals surface area (Å²) in [5.74, 6) is 0.558. The number of amides is 2. The van der Waals surface area contributed by atoms with Crippen LogP contribution in [0.25, 0.3) is 5.69 Å². The summed E-state index contributed by atoms with van der Waals surface area (Å²) in [5.41, 5.74) is 1.99. The normalized spacial score (nSPS) is 10.4. The Morgan fingerprint density at radius 3 is 2.41 bits per heavy atom. The molecule has 0 radical (unpaired) electrons. The molecular weight excluding hydrogens is 392 g/mol. The first-order valence-electron chi connectivity index (χ1n) is 8.84. The van der Waals surface area contributed by atoms with Crippen LogP contribution >= 0.6 is 11.8 Å². The van der Waals surface area contributed by atoms with E-state index in [9.17, 15) is 9.59 Å². The van der Waals surface area contributed by atoms with E-state index in [4.69, 9.17) is 4.74 Å². The molecule has 29 heavy (non-hydrogen) atoms. The Hall–Kier alpha value is -3.40. The number of benzene rings is 2. The topological polar surface area (TPSA) is 111 Å². The molecule has 0 bridgehead atoms. The first-order chi connectivity index (χ1) is 14.1. The Kier molecular flexibility index (Phi) is 6.80. The van der Waals surface area contributed by atoms with Crippen LogP contribution in [0, 0.1) is 0 Å². The number of carbonyl (C=O) groups excluding carboxylic acids is 2. The molecule has 0 aliphatic heterocycles. The van der Waals surface area contributed by atoms with Gasteiger partial charge in [-0.3, -0.25) is 9.59 Å².